The molecule has 2 aromatic heterocycles. The van der Waals surface area contributed by atoms with E-state index in [9.17, 15) is 9.59 Å². The van der Waals surface area contributed by atoms with Gasteiger partial charge in [-0.15, -0.1) is 0 Å². The van der Waals surface area contributed by atoms with E-state index in [-0.39, 0.29) is 11.8 Å². The van der Waals surface area contributed by atoms with Gasteiger partial charge >= 0.3 is 11.4 Å². The van der Waals surface area contributed by atoms with E-state index in [0.29, 0.717) is 0 Å². The fourth-order valence-electron chi connectivity index (χ4n) is 1.48. The number of aromatic nitrogens is 4. The minimum absolute atomic E-state index is 0.287. The SMILES string of the molecule is CC(n1cc(O)[nH]c1=O)n1cc(O)[nH]c1=O. The lowest BCUT2D eigenvalue weighted by Gasteiger charge is -2.11. The van der Waals surface area contributed by atoms with Crippen molar-refractivity contribution < 1.29 is 10.2 Å². The standard InChI is InChI=1S/C8H10N4O4/c1-4(11-2-5(13)9-7(11)15)12-3-6(14)10-8(12)16/h2-4,13-14H,1H3,(H,9,15)(H,10,16). The van der Waals surface area contributed by atoms with Crippen LogP contribution in [0, 0.1) is 0 Å². The van der Waals surface area contributed by atoms with E-state index in [4.69, 9.17) is 10.2 Å². The topological polar surface area (TPSA) is 116 Å². The summed E-state index contributed by atoms with van der Waals surface area (Å²) < 4.78 is 2.26. The summed E-state index contributed by atoms with van der Waals surface area (Å²) in [4.78, 5) is 27.0. The third-order valence-electron chi connectivity index (χ3n) is 2.27. The van der Waals surface area contributed by atoms with Crippen LogP contribution in [0.2, 0.25) is 0 Å². The Balaban J connectivity index is 2.50. The predicted octanol–water partition coefficient (Wildman–Crippen LogP) is -0.856. The van der Waals surface area contributed by atoms with Gasteiger partial charge in [0.1, 0.15) is 6.17 Å². The molecule has 86 valence electrons. The number of rotatable bonds is 2. The summed E-state index contributed by atoms with van der Waals surface area (Å²) in [7, 11) is 0. The molecule has 0 bridgehead atoms. The van der Waals surface area contributed by atoms with E-state index in [1.807, 2.05) is 0 Å². The normalized spacial score (nSPS) is 11.1. The Hall–Kier alpha value is -2.38. The zero-order valence-electron chi connectivity index (χ0n) is 8.34. The number of aromatic hydroxyl groups is 2. The van der Waals surface area contributed by atoms with Crippen LogP contribution in [0.3, 0.4) is 0 Å². The Labute approximate surface area is 88.4 Å². The van der Waals surface area contributed by atoms with Crippen LogP contribution >= 0.6 is 0 Å². The Morgan fingerprint density at radius 3 is 1.69 bits per heavy atom. The molecular weight excluding hydrogens is 216 g/mol. The van der Waals surface area contributed by atoms with Gasteiger partial charge in [-0.25, -0.2) is 9.59 Å². The molecule has 0 aromatic carbocycles. The van der Waals surface area contributed by atoms with Crippen molar-refractivity contribution in [1.29, 1.82) is 0 Å². The van der Waals surface area contributed by atoms with E-state index >= 15 is 0 Å². The number of H-pyrrole nitrogens is 2. The quantitative estimate of drug-likeness (QED) is 0.533. The minimum Gasteiger partial charge on any atom is -0.493 e. The number of hydrogen-bond donors (Lipinski definition) is 4. The average molecular weight is 226 g/mol. The van der Waals surface area contributed by atoms with Crippen LogP contribution in [0.5, 0.6) is 11.8 Å². The van der Waals surface area contributed by atoms with E-state index < -0.39 is 17.5 Å². The van der Waals surface area contributed by atoms with Crippen LogP contribution in [0.1, 0.15) is 13.1 Å². The Bertz CT molecular complexity index is 562. The monoisotopic (exact) mass is 226 g/mol. The zero-order chi connectivity index (χ0) is 11.9. The largest absolute Gasteiger partial charge is 0.493 e. The first-order chi connectivity index (χ1) is 7.49. The summed E-state index contributed by atoms with van der Waals surface area (Å²) >= 11 is 0. The minimum atomic E-state index is -0.658. The maximum absolute atomic E-state index is 11.3. The second-order valence-corrected chi connectivity index (χ2v) is 3.34. The van der Waals surface area contributed by atoms with Crippen molar-refractivity contribution in [1.82, 2.24) is 19.1 Å². The van der Waals surface area contributed by atoms with Crippen LogP contribution in [-0.4, -0.2) is 29.3 Å². The molecule has 0 amide bonds. The molecule has 2 aromatic rings. The van der Waals surface area contributed by atoms with Crippen LogP contribution in [0.15, 0.2) is 22.0 Å². The summed E-state index contributed by atoms with van der Waals surface area (Å²) in [5.74, 6) is -0.575. The average Bonchev–Trinajstić information content (AvgIpc) is 2.68. The Morgan fingerprint density at radius 2 is 1.44 bits per heavy atom. The van der Waals surface area contributed by atoms with Crippen molar-refractivity contribution in [2.45, 2.75) is 13.1 Å². The predicted molar refractivity (Wildman–Crippen MR) is 53.5 cm³/mol. The number of hydrogen-bond acceptors (Lipinski definition) is 4. The van der Waals surface area contributed by atoms with Crippen molar-refractivity contribution in [2.24, 2.45) is 0 Å². The maximum Gasteiger partial charge on any atom is 0.330 e. The van der Waals surface area contributed by atoms with Gasteiger partial charge in [-0.3, -0.25) is 19.1 Å². The zero-order valence-corrected chi connectivity index (χ0v) is 8.34. The third-order valence-corrected chi connectivity index (χ3v) is 2.27. The Morgan fingerprint density at radius 1 is 1.06 bits per heavy atom. The number of nitrogens with zero attached hydrogens (tertiary/aromatic N) is 2. The molecule has 0 fully saturated rings. The smallest absolute Gasteiger partial charge is 0.330 e. The molecule has 0 unspecified atom stereocenters. The number of aromatic amines is 2. The van der Waals surface area contributed by atoms with Gasteiger partial charge in [-0.05, 0) is 6.92 Å². The molecular formula is C8H10N4O4. The van der Waals surface area contributed by atoms with Gasteiger partial charge in [0.15, 0.2) is 0 Å². The van der Waals surface area contributed by atoms with Crippen molar-refractivity contribution >= 4 is 0 Å². The van der Waals surface area contributed by atoms with E-state index in [0.717, 1.165) is 9.13 Å². The second-order valence-electron chi connectivity index (χ2n) is 3.34. The van der Waals surface area contributed by atoms with Gasteiger partial charge in [0.25, 0.3) is 0 Å². The lowest BCUT2D eigenvalue weighted by Crippen LogP contribution is -2.30. The van der Waals surface area contributed by atoms with Crippen LogP contribution in [-0.2, 0) is 0 Å². The fourth-order valence-corrected chi connectivity index (χ4v) is 1.48. The molecule has 2 heterocycles. The first kappa shape index (κ1) is 10.1. The molecule has 0 radical (unpaired) electrons. The lowest BCUT2D eigenvalue weighted by molar-refractivity contribution is 0.431. The van der Waals surface area contributed by atoms with Crippen molar-refractivity contribution in [2.75, 3.05) is 0 Å². The van der Waals surface area contributed by atoms with Gasteiger partial charge in [-0.2, -0.15) is 0 Å². The second kappa shape index (κ2) is 3.33. The van der Waals surface area contributed by atoms with E-state index in [1.165, 1.54) is 12.4 Å². The lowest BCUT2D eigenvalue weighted by atomic mass is 10.5. The Kier molecular flexibility index (Phi) is 2.11. The molecule has 0 atom stereocenters. The highest BCUT2D eigenvalue weighted by Gasteiger charge is 2.14. The highest BCUT2D eigenvalue weighted by molar-refractivity contribution is 5.05. The van der Waals surface area contributed by atoms with Crippen molar-refractivity contribution in [3.05, 3.63) is 33.4 Å². The summed E-state index contributed by atoms with van der Waals surface area (Å²) in [6.45, 7) is 1.57. The molecule has 8 heteroatoms. The number of imidazole rings is 2. The summed E-state index contributed by atoms with van der Waals surface area (Å²) in [6.07, 6.45) is 1.68. The molecule has 0 saturated heterocycles. The summed E-state index contributed by atoms with van der Waals surface area (Å²) in [5.41, 5.74) is -1.09. The van der Waals surface area contributed by atoms with Crippen LogP contribution in [0.4, 0.5) is 0 Å². The molecule has 0 aliphatic rings. The summed E-state index contributed by atoms with van der Waals surface area (Å²) in [5, 5.41) is 18.2. The molecule has 0 aliphatic carbocycles. The molecule has 2 rings (SSSR count). The van der Waals surface area contributed by atoms with Gasteiger partial charge in [-0.1, -0.05) is 0 Å². The van der Waals surface area contributed by atoms with Crippen molar-refractivity contribution in [3.8, 4) is 11.8 Å². The third kappa shape index (κ3) is 1.49. The van der Waals surface area contributed by atoms with Gasteiger partial charge in [0, 0.05) is 0 Å². The van der Waals surface area contributed by atoms with Gasteiger partial charge < -0.3 is 10.2 Å². The molecule has 8 nitrogen and oxygen atoms in total. The van der Waals surface area contributed by atoms with Gasteiger partial charge in [0.2, 0.25) is 11.8 Å². The fraction of sp³-hybridized carbons (Fsp3) is 0.250. The molecule has 16 heavy (non-hydrogen) atoms. The molecule has 0 saturated carbocycles. The molecule has 4 N–H and O–H groups in total. The van der Waals surface area contributed by atoms with Crippen LogP contribution < -0.4 is 11.4 Å². The molecule has 0 aliphatic heterocycles. The first-order valence-electron chi connectivity index (χ1n) is 4.49. The first-order valence-corrected chi connectivity index (χ1v) is 4.49. The highest BCUT2D eigenvalue weighted by Crippen LogP contribution is 2.10. The summed E-state index contributed by atoms with van der Waals surface area (Å²) in [6, 6.07) is 0. The highest BCUT2D eigenvalue weighted by atomic mass is 16.3. The van der Waals surface area contributed by atoms with E-state index in [1.54, 1.807) is 6.92 Å². The van der Waals surface area contributed by atoms with Gasteiger partial charge in [0.05, 0.1) is 12.4 Å². The molecule has 0 spiro atoms. The maximum atomic E-state index is 11.3. The van der Waals surface area contributed by atoms with E-state index in [2.05, 4.69) is 9.97 Å². The number of nitrogens with one attached hydrogen (secondary N) is 2. The van der Waals surface area contributed by atoms with Crippen molar-refractivity contribution in [3.63, 3.8) is 0 Å². The van der Waals surface area contributed by atoms with Crippen LogP contribution in [0.25, 0.3) is 0 Å².